The third kappa shape index (κ3) is 1.77. The van der Waals surface area contributed by atoms with Crippen LogP contribution in [-0.2, 0) is 0 Å². The molecule has 2 aromatic rings. The van der Waals surface area contributed by atoms with Gasteiger partial charge in [-0.3, -0.25) is 0 Å². The Morgan fingerprint density at radius 3 is 2.71 bits per heavy atom. The summed E-state index contributed by atoms with van der Waals surface area (Å²) in [7, 11) is 1.86. The maximum Gasteiger partial charge on any atom is 0.126 e. The molecule has 0 aliphatic heterocycles. The molecule has 1 aromatic carbocycles. The smallest absolute Gasteiger partial charge is 0.126 e. The minimum Gasteiger partial charge on any atom is -0.373 e. The summed E-state index contributed by atoms with van der Waals surface area (Å²) in [5.41, 5.74) is 0.972. The van der Waals surface area contributed by atoms with Crippen LogP contribution in [0, 0.1) is 0 Å². The molecule has 0 spiro atoms. The van der Waals surface area contributed by atoms with Crippen molar-refractivity contribution in [1.82, 2.24) is 4.98 Å². The van der Waals surface area contributed by atoms with E-state index in [0.29, 0.717) is 0 Å². The second kappa shape index (κ2) is 3.87. The number of hydrogen-bond acceptors (Lipinski definition) is 2. The number of nitrogens with one attached hydrogen (secondary N) is 1. The Bertz CT molecular complexity index is 483. The van der Waals surface area contributed by atoms with Crippen LogP contribution in [0.2, 0.25) is 0 Å². The molecule has 72 valence electrons. The highest BCUT2D eigenvalue weighted by molar-refractivity contribution is 9.11. The SMILES string of the molecule is CNc1ccc2cc(Br)cc(Br)c2n1. The van der Waals surface area contributed by atoms with E-state index in [-0.39, 0.29) is 0 Å². The molecule has 0 saturated carbocycles. The zero-order valence-electron chi connectivity index (χ0n) is 7.51. The van der Waals surface area contributed by atoms with Gasteiger partial charge in [-0.15, -0.1) is 0 Å². The van der Waals surface area contributed by atoms with Crippen LogP contribution in [0.3, 0.4) is 0 Å². The van der Waals surface area contributed by atoms with Gasteiger partial charge in [-0.2, -0.15) is 0 Å². The van der Waals surface area contributed by atoms with Crippen LogP contribution in [0.1, 0.15) is 0 Å². The summed E-state index contributed by atoms with van der Waals surface area (Å²) >= 11 is 6.94. The molecule has 0 radical (unpaired) electrons. The average Bonchev–Trinajstić information content (AvgIpc) is 2.17. The second-order valence-electron chi connectivity index (χ2n) is 2.91. The molecule has 0 aliphatic carbocycles. The summed E-state index contributed by atoms with van der Waals surface area (Å²) in [6, 6.07) is 8.05. The Hall–Kier alpha value is -0.610. The summed E-state index contributed by atoms with van der Waals surface area (Å²) in [5, 5.41) is 4.13. The van der Waals surface area contributed by atoms with Crippen LogP contribution in [0.25, 0.3) is 10.9 Å². The van der Waals surface area contributed by atoms with Gasteiger partial charge in [-0.05, 0) is 40.2 Å². The van der Waals surface area contributed by atoms with Gasteiger partial charge in [0.15, 0.2) is 0 Å². The molecule has 0 bridgehead atoms. The third-order valence-corrected chi connectivity index (χ3v) is 3.03. The van der Waals surface area contributed by atoms with Gasteiger partial charge in [0.25, 0.3) is 0 Å². The largest absolute Gasteiger partial charge is 0.373 e. The highest BCUT2D eigenvalue weighted by Crippen LogP contribution is 2.27. The lowest BCUT2D eigenvalue weighted by Crippen LogP contribution is -1.92. The first kappa shape index (κ1) is 9.93. The number of rotatable bonds is 1. The van der Waals surface area contributed by atoms with Crippen molar-refractivity contribution in [3.05, 3.63) is 33.2 Å². The van der Waals surface area contributed by atoms with Gasteiger partial charge in [-0.25, -0.2) is 4.98 Å². The lowest BCUT2D eigenvalue weighted by Gasteiger charge is -2.04. The molecule has 0 amide bonds. The molecule has 1 N–H and O–H groups in total. The van der Waals surface area contributed by atoms with Crippen LogP contribution in [-0.4, -0.2) is 12.0 Å². The molecule has 0 atom stereocenters. The molecule has 1 heterocycles. The highest BCUT2D eigenvalue weighted by atomic mass is 79.9. The first-order valence-corrected chi connectivity index (χ1v) is 5.73. The standard InChI is InChI=1S/C10H8Br2N2/c1-13-9-3-2-6-4-7(11)5-8(12)10(6)14-9/h2-5H,1H3,(H,13,14). The molecule has 1 aromatic heterocycles. The minimum absolute atomic E-state index is 0.875. The molecule has 2 rings (SSSR count). The van der Waals surface area contributed by atoms with E-state index < -0.39 is 0 Å². The summed E-state index contributed by atoms with van der Waals surface area (Å²) in [4.78, 5) is 4.46. The average molecular weight is 316 g/mol. The van der Waals surface area contributed by atoms with Crippen molar-refractivity contribution in [2.45, 2.75) is 0 Å². The summed E-state index contributed by atoms with van der Waals surface area (Å²) < 4.78 is 2.05. The van der Waals surface area contributed by atoms with E-state index in [0.717, 1.165) is 25.7 Å². The Balaban J connectivity index is 2.75. The van der Waals surface area contributed by atoms with Crippen molar-refractivity contribution in [3.63, 3.8) is 0 Å². The van der Waals surface area contributed by atoms with Crippen molar-refractivity contribution < 1.29 is 0 Å². The number of nitrogens with zero attached hydrogens (tertiary/aromatic N) is 1. The predicted octanol–water partition coefficient (Wildman–Crippen LogP) is 3.80. The second-order valence-corrected chi connectivity index (χ2v) is 4.68. The lowest BCUT2D eigenvalue weighted by molar-refractivity contribution is 1.34. The van der Waals surface area contributed by atoms with Crippen molar-refractivity contribution in [2.24, 2.45) is 0 Å². The zero-order chi connectivity index (χ0) is 10.1. The Morgan fingerprint density at radius 1 is 1.21 bits per heavy atom. The number of aromatic nitrogens is 1. The van der Waals surface area contributed by atoms with Crippen molar-refractivity contribution in [1.29, 1.82) is 0 Å². The van der Waals surface area contributed by atoms with Gasteiger partial charge in [0.1, 0.15) is 5.82 Å². The fourth-order valence-corrected chi connectivity index (χ4v) is 2.64. The van der Waals surface area contributed by atoms with Crippen molar-refractivity contribution in [2.75, 3.05) is 12.4 Å². The summed E-state index contributed by atoms with van der Waals surface area (Å²) in [6.45, 7) is 0. The van der Waals surface area contributed by atoms with E-state index >= 15 is 0 Å². The molecule has 4 heteroatoms. The highest BCUT2D eigenvalue weighted by Gasteiger charge is 2.02. The fraction of sp³-hybridized carbons (Fsp3) is 0.100. The summed E-state index contributed by atoms with van der Waals surface area (Å²) in [6.07, 6.45) is 0. The molecule has 0 fully saturated rings. The lowest BCUT2D eigenvalue weighted by atomic mass is 10.2. The molecular weight excluding hydrogens is 308 g/mol. The van der Waals surface area contributed by atoms with Gasteiger partial charge in [0, 0.05) is 21.4 Å². The fourth-order valence-electron chi connectivity index (χ4n) is 1.30. The minimum atomic E-state index is 0.875. The number of fused-ring (bicyclic) bond motifs is 1. The van der Waals surface area contributed by atoms with Crippen LogP contribution in [0.4, 0.5) is 5.82 Å². The first-order valence-electron chi connectivity index (χ1n) is 4.14. The number of benzene rings is 1. The maximum atomic E-state index is 4.46. The van der Waals surface area contributed by atoms with Gasteiger partial charge in [-0.1, -0.05) is 15.9 Å². The molecule has 0 aliphatic rings. The normalized spacial score (nSPS) is 10.5. The van der Waals surface area contributed by atoms with E-state index in [4.69, 9.17) is 0 Å². The number of anilines is 1. The molecular formula is C10H8Br2N2. The van der Waals surface area contributed by atoms with E-state index in [1.165, 1.54) is 0 Å². The summed E-state index contributed by atoms with van der Waals surface area (Å²) in [5.74, 6) is 0.875. The van der Waals surface area contributed by atoms with Crippen LogP contribution >= 0.6 is 31.9 Å². The maximum absolute atomic E-state index is 4.46. The van der Waals surface area contributed by atoms with Crippen LogP contribution in [0.5, 0.6) is 0 Å². The van der Waals surface area contributed by atoms with E-state index in [9.17, 15) is 0 Å². The molecule has 14 heavy (non-hydrogen) atoms. The van der Waals surface area contributed by atoms with Gasteiger partial charge >= 0.3 is 0 Å². The number of hydrogen-bond donors (Lipinski definition) is 1. The number of halogens is 2. The molecule has 0 unspecified atom stereocenters. The van der Waals surface area contributed by atoms with Crippen molar-refractivity contribution in [3.8, 4) is 0 Å². The van der Waals surface area contributed by atoms with Crippen LogP contribution < -0.4 is 5.32 Å². The third-order valence-electron chi connectivity index (χ3n) is 1.97. The molecule has 2 nitrogen and oxygen atoms in total. The first-order chi connectivity index (χ1) is 6.70. The Morgan fingerprint density at radius 2 is 2.00 bits per heavy atom. The van der Waals surface area contributed by atoms with Gasteiger partial charge in [0.2, 0.25) is 0 Å². The van der Waals surface area contributed by atoms with Gasteiger partial charge in [0.05, 0.1) is 5.52 Å². The quantitative estimate of drug-likeness (QED) is 0.865. The van der Waals surface area contributed by atoms with E-state index in [1.807, 2.05) is 31.3 Å². The monoisotopic (exact) mass is 314 g/mol. The molecule has 0 saturated heterocycles. The Kier molecular flexibility index (Phi) is 2.74. The Labute approximate surface area is 99.0 Å². The van der Waals surface area contributed by atoms with Gasteiger partial charge < -0.3 is 5.32 Å². The van der Waals surface area contributed by atoms with E-state index in [1.54, 1.807) is 0 Å². The van der Waals surface area contributed by atoms with E-state index in [2.05, 4.69) is 42.2 Å². The predicted molar refractivity (Wildman–Crippen MR) is 66.7 cm³/mol. The number of pyridine rings is 1. The topological polar surface area (TPSA) is 24.9 Å². The van der Waals surface area contributed by atoms with Crippen LogP contribution in [0.15, 0.2) is 33.2 Å². The zero-order valence-corrected chi connectivity index (χ0v) is 10.7. The van der Waals surface area contributed by atoms with Crippen molar-refractivity contribution >= 4 is 48.6 Å².